The Balaban J connectivity index is 0.000000199. The van der Waals surface area contributed by atoms with Crippen molar-refractivity contribution in [3.05, 3.63) is 104 Å². The zero-order valence-electron chi connectivity index (χ0n) is 19.0. The van der Waals surface area contributed by atoms with E-state index in [1.165, 1.54) is 37.1 Å². The van der Waals surface area contributed by atoms with Gasteiger partial charge in [0.05, 0.1) is 0 Å². The van der Waals surface area contributed by atoms with E-state index in [0.29, 0.717) is 0 Å². The van der Waals surface area contributed by atoms with Crippen molar-refractivity contribution in [3.63, 3.8) is 0 Å². The minimum atomic E-state index is -2.36. The second-order valence-corrected chi connectivity index (χ2v) is 31.1. The van der Waals surface area contributed by atoms with E-state index in [1.54, 1.807) is 27.5 Å². The van der Waals surface area contributed by atoms with Crippen molar-refractivity contribution in [2.45, 2.75) is 39.8 Å². The molecule has 2 aromatic rings. The molecule has 4 heteroatoms. The van der Waals surface area contributed by atoms with Gasteiger partial charge in [-0.25, -0.2) is 0 Å². The molecule has 0 spiro atoms. The number of hydrogen-bond acceptors (Lipinski definition) is 2. The smallest absolute Gasteiger partial charge is 0.0623 e. The van der Waals surface area contributed by atoms with Crippen LogP contribution >= 0.6 is 0 Å². The predicted molar refractivity (Wildman–Crippen MR) is 129 cm³/mol. The summed E-state index contributed by atoms with van der Waals surface area (Å²) >= 11 is -2.36. The monoisotopic (exact) mass is 506 g/mol. The third-order valence-corrected chi connectivity index (χ3v) is 35.1. The molecule has 4 rings (SSSR count). The molecule has 0 amide bonds. The summed E-state index contributed by atoms with van der Waals surface area (Å²) in [7, 11) is 0. The van der Waals surface area contributed by atoms with E-state index in [2.05, 4.69) is 63.4 Å². The molecular formula is C27H32O2SiZr. The van der Waals surface area contributed by atoms with Crippen LogP contribution in [0.4, 0.5) is 0 Å². The summed E-state index contributed by atoms with van der Waals surface area (Å²) in [5.41, 5.74) is -0.241. The molecule has 160 valence electrons. The van der Waals surface area contributed by atoms with Gasteiger partial charge in [-0.05, 0) is 0 Å². The molecule has 31 heavy (non-hydrogen) atoms. The molecule has 0 fully saturated rings. The predicted octanol–water partition coefficient (Wildman–Crippen LogP) is 5.81. The number of allylic oxidation sites excluding steroid dienone is 8. The van der Waals surface area contributed by atoms with Crippen LogP contribution in [0.5, 0.6) is 11.5 Å². The molecule has 0 saturated heterocycles. The fourth-order valence-electron chi connectivity index (χ4n) is 4.28. The molecule has 0 radical (unpaired) electrons. The SMILES string of the molecule is C[C](C)=[Zr+2]([C]1=CC=CC1)([C]1=CC=CC1)=[Si](C)C.[O-]c1ccccc1.[O-]c1ccccc1. The molecule has 0 unspecified atom stereocenters. The van der Waals surface area contributed by atoms with Gasteiger partial charge in [0.2, 0.25) is 0 Å². The van der Waals surface area contributed by atoms with Gasteiger partial charge in [-0.15, -0.1) is 11.5 Å². The van der Waals surface area contributed by atoms with Gasteiger partial charge in [-0.3, -0.25) is 0 Å². The number of para-hydroxylation sites is 2. The van der Waals surface area contributed by atoms with Crippen molar-refractivity contribution in [3.8, 4) is 11.5 Å². The van der Waals surface area contributed by atoms with Gasteiger partial charge in [0, 0.05) is 0 Å². The van der Waals surface area contributed by atoms with Gasteiger partial charge in [0.15, 0.2) is 0 Å². The van der Waals surface area contributed by atoms with E-state index < -0.39 is 18.4 Å². The van der Waals surface area contributed by atoms with Crippen LogP contribution in [-0.2, 0) is 18.4 Å². The third-order valence-electron chi connectivity index (χ3n) is 5.49. The minimum Gasteiger partial charge on any atom is -0.872 e. The zero-order chi connectivity index (χ0) is 22.7. The van der Waals surface area contributed by atoms with Crippen LogP contribution in [0, 0.1) is 0 Å². The fourth-order valence-corrected chi connectivity index (χ4v) is 33.6. The quantitative estimate of drug-likeness (QED) is 0.481. The number of benzene rings is 2. The summed E-state index contributed by atoms with van der Waals surface area (Å²) in [5.74, 6) is 0.144. The minimum absolute atomic E-state index is 0.0718. The van der Waals surface area contributed by atoms with Crippen LogP contribution in [0.3, 0.4) is 0 Å². The third kappa shape index (κ3) is 6.98. The summed E-state index contributed by atoms with van der Waals surface area (Å²) < 4.78 is 5.43. The molecule has 0 bridgehead atoms. The Morgan fingerprint density at radius 2 is 1.10 bits per heavy atom. The van der Waals surface area contributed by atoms with Crippen LogP contribution in [0.15, 0.2) is 104 Å². The first-order chi connectivity index (χ1) is 14.9. The maximum absolute atomic E-state index is 10.3. The Bertz CT molecular complexity index is 997. The Morgan fingerprint density at radius 3 is 1.29 bits per heavy atom. The molecule has 0 atom stereocenters. The van der Waals surface area contributed by atoms with E-state index in [0.717, 1.165) is 0 Å². The molecule has 0 saturated carbocycles. The molecule has 0 N–H and O–H groups in total. The molecule has 0 aliphatic heterocycles. The Hall–Kier alpha value is -2.03. The first-order valence-corrected chi connectivity index (χ1v) is 20.5. The average molecular weight is 508 g/mol. The van der Waals surface area contributed by atoms with E-state index in [9.17, 15) is 10.2 Å². The average Bonchev–Trinajstić information content (AvgIpc) is 3.46. The molecule has 2 aliphatic rings. The molecule has 2 aromatic carbocycles. The van der Waals surface area contributed by atoms with E-state index in [-0.39, 0.29) is 16.9 Å². The van der Waals surface area contributed by atoms with Crippen LogP contribution in [0.25, 0.3) is 0 Å². The van der Waals surface area contributed by atoms with Gasteiger partial charge >= 0.3 is 110 Å². The number of rotatable bonds is 2. The largest absolute Gasteiger partial charge is 0.872 e. The summed E-state index contributed by atoms with van der Waals surface area (Å²) in [6.45, 7) is 9.91. The Morgan fingerprint density at radius 1 is 0.710 bits per heavy atom. The van der Waals surface area contributed by atoms with Gasteiger partial charge in [0.1, 0.15) is 0 Å². The first kappa shape index (κ1) is 25.2. The standard InChI is InChI=1S/2C6H6O.2C5H5.C3H6.C2H6Si.Zr/c2*7-6-4-2-1-3-5-6;2*1-2-4-5-3-1;2*1-3-2;/h2*1-5,7H;2*1-3H,4H2;2*1-2H3;/q;;;;;;+2/p-2. The van der Waals surface area contributed by atoms with Gasteiger partial charge in [-0.1, -0.05) is 60.7 Å². The van der Waals surface area contributed by atoms with Crippen molar-refractivity contribution in [2.75, 3.05) is 0 Å². The van der Waals surface area contributed by atoms with Crippen molar-refractivity contribution in [2.24, 2.45) is 0 Å². The first-order valence-electron chi connectivity index (χ1n) is 10.7. The number of hydrogen-bond donors (Lipinski definition) is 0. The molecule has 2 aliphatic carbocycles. The Labute approximate surface area is 191 Å². The fraction of sp³-hybridized carbons (Fsp3) is 0.222. The van der Waals surface area contributed by atoms with Crippen LogP contribution < -0.4 is 10.2 Å². The van der Waals surface area contributed by atoms with Gasteiger partial charge in [0.25, 0.3) is 0 Å². The summed E-state index contributed by atoms with van der Waals surface area (Å²) in [6.07, 6.45) is 16.6. The van der Waals surface area contributed by atoms with E-state index in [4.69, 9.17) is 0 Å². The van der Waals surface area contributed by atoms with Crippen LogP contribution in [0.2, 0.25) is 13.1 Å². The summed E-state index contributed by atoms with van der Waals surface area (Å²) in [4.78, 5) is 0. The summed E-state index contributed by atoms with van der Waals surface area (Å²) in [5, 5.41) is 20.5. The van der Waals surface area contributed by atoms with Crippen molar-refractivity contribution in [1.29, 1.82) is 0 Å². The van der Waals surface area contributed by atoms with Crippen LogP contribution in [-0.4, -0.2) is 8.64 Å². The van der Waals surface area contributed by atoms with Crippen molar-refractivity contribution < 1.29 is 28.6 Å². The van der Waals surface area contributed by atoms with Crippen LogP contribution in [0.1, 0.15) is 26.7 Å². The second kappa shape index (κ2) is 12.7. The topological polar surface area (TPSA) is 46.1 Å². The maximum atomic E-state index is 10.3. The van der Waals surface area contributed by atoms with Gasteiger partial charge < -0.3 is 10.2 Å². The molecule has 2 nitrogen and oxygen atoms in total. The second-order valence-electron chi connectivity index (χ2n) is 8.02. The molecule has 0 aromatic heterocycles. The molecule has 0 heterocycles. The zero-order valence-corrected chi connectivity index (χ0v) is 22.4. The molecular weight excluding hydrogens is 476 g/mol. The van der Waals surface area contributed by atoms with Gasteiger partial charge in [-0.2, -0.15) is 0 Å². The Kier molecular flexibility index (Phi) is 10.4. The van der Waals surface area contributed by atoms with E-state index in [1.807, 2.05) is 18.7 Å². The summed E-state index contributed by atoms with van der Waals surface area (Å²) in [6, 6.07) is 16.7. The van der Waals surface area contributed by atoms with Crippen molar-refractivity contribution in [1.82, 2.24) is 0 Å². The maximum Gasteiger partial charge on any atom is -0.0623 e. The van der Waals surface area contributed by atoms with Crippen molar-refractivity contribution >= 4 is 8.64 Å². The van der Waals surface area contributed by atoms with E-state index >= 15 is 0 Å². The normalized spacial score (nSPS) is 12.9.